The molecule has 1 aliphatic heterocycles. The van der Waals surface area contributed by atoms with E-state index >= 15 is 0 Å². The maximum atomic E-state index is 12.5. The average molecular weight is 347 g/mol. The van der Waals surface area contributed by atoms with E-state index in [1.165, 1.54) is 18.5 Å². The summed E-state index contributed by atoms with van der Waals surface area (Å²) in [6.45, 7) is 0.295. The van der Waals surface area contributed by atoms with Crippen molar-refractivity contribution in [2.24, 2.45) is 5.92 Å². The van der Waals surface area contributed by atoms with Crippen molar-refractivity contribution >= 4 is 34.0 Å². The number of pyridine rings is 1. The fraction of sp³-hybridized carbons (Fsp3) is 0.150. The molecule has 1 atom stereocenters. The molecule has 26 heavy (non-hydrogen) atoms. The summed E-state index contributed by atoms with van der Waals surface area (Å²) in [7, 11) is 0. The number of carbonyl (C=O) groups is 2. The Balaban J connectivity index is 1.58. The fourth-order valence-corrected chi connectivity index (χ4v) is 3.31. The van der Waals surface area contributed by atoms with Crippen LogP contribution < -0.4 is 15.6 Å². The lowest BCUT2D eigenvalue weighted by atomic mass is 10.1. The third kappa shape index (κ3) is 2.86. The van der Waals surface area contributed by atoms with Gasteiger partial charge in [-0.1, -0.05) is 36.4 Å². The van der Waals surface area contributed by atoms with E-state index in [2.05, 4.69) is 10.3 Å². The number of fused-ring (bicyclic) bond motifs is 1. The number of anilines is 2. The minimum atomic E-state index is -0.499. The second kappa shape index (κ2) is 6.48. The van der Waals surface area contributed by atoms with Crippen LogP contribution in [0.25, 0.3) is 10.8 Å². The molecular formula is C20H17N3O3. The SMILES string of the molecule is O=C(Nc1c[nH]ccc1=O)C1CC(=O)N(c2cccc3ccccc23)C1. The highest BCUT2D eigenvalue weighted by Gasteiger charge is 2.35. The highest BCUT2D eigenvalue weighted by molar-refractivity contribution is 6.08. The van der Waals surface area contributed by atoms with Crippen LogP contribution in [0.3, 0.4) is 0 Å². The molecule has 0 radical (unpaired) electrons. The minimum absolute atomic E-state index is 0.0940. The number of aromatic amines is 1. The van der Waals surface area contributed by atoms with Gasteiger partial charge < -0.3 is 15.2 Å². The van der Waals surface area contributed by atoms with E-state index in [0.717, 1.165) is 16.5 Å². The van der Waals surface area contributed by atoms with Gasteiger partial charge in [0.15, 0.2) is 0 Å². The number of benzene rings is 2. The van der Waals surface area contributed by atoms with Crippen molar-refractivity contribution in [3.63, 3.8) is 0 Å². The molecule has 0 bridgehead atoms. The number of nitrogens with zero attached hydrogens (tertiary/aromatic N) is 1. The normalized spacial score (nSPS) is 16.8. The Kier molecular flexibility index (Phi) is 4.01. The summed E-state index contributed by atoms with van der Waals surface area (Å²) < 4.78 is 0. The van der Waals surface area contributed by atoms with Gasteiger partial charge in [0.05, 0.1) is 11.6 Å². The summed E-state index contributed by atoms with van der Waals surface area (Å²) in [5, 5.41) is 4.64. The Morgan fingerprint density at radius 3 is 2.73 bits per heavy atom. The van der Waals surface area contributed by atoms with Gasteiger partial charge in [0.1, 0.15) is 5.69 Å². The summed E-state index contributed by atoms with van der Waals surface area (Å²) in [5.74, 6) is -0.915. The molecule has 2 heterocycles. The van der Waals surface area contributed by atoms with Crippen molar-refractivity contribution in [1.82, 2.24) is 4.98 Å². The van der Waals surface area contributed by atoms with Gasteiger partial charge >= 0.3 is 0 Å². The van der Waals surface area contributed by atoms with E-state index in [-0.39, 0.29) is 29.4 Å². The van der Waals surface area contributed by atoms with Gasteiger partial charge in [-0.2, -0.15) is 0 Å². The molecule has 6 nitrogen and oxygen atoms in total. The fourth-order valence-electron chi connectivity index (χ4n) is 3.31. The topological polar surface area (TPSA) is 82.3 Å². The second-order valence-electron chi connectivity index (χ2n) is 6.32. The van der Waals surface area contributed by atoms with Crippen LogP contribution in [0.15, 0.2) is 65.7 Å². The van der Waals surface area contributed by atoms with Crippen molar-refractivity contribution in [1.29, 1.82) is 0 Å². The maximum absolute atomic E-state index is 12.5. The highest BCUT2D eigenvalue weighted by Crippen LogP contribution is 2.31. The zero-order valence-corrected chi connectivity index (χ0v) is 13.9. The van der Waals surface area contributed by atoms with Crippen LogP contribution in [0.2, 0.25) is 0 Å². The van der Waals surface area contributed by atoms with Gasteiger partial charge in [0.25, 0.3) is 0 Å². The molecule has 2 aromatic carbocycles. The third-order valence-electron chi connectivity index (χ3n) is 4.64. The van der Waals surface area contributed by atoms with Crippen LogP contribution >= 0.6 is 0 Å². The molecule has 2 N–H and O–H groups in total. The Bertz CT molecular complexity index is 1050. The lowest BCUT2D eigenvalue weighted by Crippen LogP contribution is -2.29. The van der Waals surface area contributed by atoms with Gasteiger partial charge in [0.2, 0.25) is 17.2 Å². The van der Waals surface area contributed by atoms with Gasteiger partial charge in [0, 0.05) is 36.8 Å². The van der Waals surface area contributed by atoms with Crippen LogP contribution in [-0.2, 0) is 9.59 Å². The first-order chi connectivity index (χ1) is 12.6. The molecule has 4 rings (SSSR count). The average Bonchev–Trinajstić information content (AvgIpc) is 3.05. The standard InChI is InChI=1S/C20H17N3O3/c24-18-8-9-21-11-16(18)22-20(26)14-10-19(25)23(12-14)17-7-3-5-13-4-1-2-6-15(13)17/h1-9,11,14H,10,12H2,(H,21,24)(H,22,26). The molecule has 1 fully saturated rings. The number of hydrogen-bond donors (Lipinski definition) is 2. The molecule has 1 aromatic heterocycles. The van der Waals surface area contributed by atoms with E-state index in [1.807, 2.05) is 42.5 Å². The van der Waals surface area contributed by atoms with Crippen molar-refractivity contribution in [2.75, 3.05) is 16.8 Å². The van der Waals surface area contributed by atoms with Gasteiger partial charge in [-0.05, 0) is 11.5 Å². The molecule has 0 saturated carbocycles. The molecule has 3 aromatic rings. The lowest BCUT2D eigenvalue weighted by Gasteiger charge is -2.19. The molecular weight excluding hydrogens is 330 g/mol. The zero-order valence-electron chi connectivity index (χ0n) is 13.9. The summed E-state index contributed by atoms with van der Waals surface area (Å²) in [6, 6.07) is 15.0. The molecule has 2 amide bonds. The molecule has 1 unspecified atom stereocenters. The first-order valence-corrected chi connectivity index (χ1v) is 8.39. The van der Waals surface area contributed by atoms with Gasteiger partial charge in [-0.15, -0.1) is 0 Å². The second-order valence-corrected chi connectivity index (χ2v) is 6.32. The first kappa shape index (κ1) is 16.1. The minimum Gasteiger partial charge on any atom is -0.366 e. The van der Waals surface area contributed by atoms with Crippen molar-refractivity contribution in [2.45, 2.75) is 6.42 Å². The smallest absolute Gasteiger partial charge is 0.229 e. The van der Waals surface area contributed by atoms with Gasteiger partial charge in [-0.25, -0.2) is 0 Å². The van der Waals surface area contributed by atoms with Crippen molar-refractivity contribution in [3.05, 3.63) is 71.1 Å². The molecule has 0 aliphatic carbocycles. The summed E-state index contributed by atoms with van der Waals surface area (Å²) in [5.41, 5.74) is 0.724. The number of H-pyrrole nitrogens is 1. The zero-order chi connectivity index (χ0) is 18.1. The molecule has 6 heteroatoms. The number of rotatable bonds is 3. The van der Waals surface area contributed by atoms with Gasteiger partial charge in [-0.3, -0.25) is 14.4 Å². The highest BCUT2D eigenvalue weighted by atomic mass is 16.2. The summed E-state index contributed by atoms with van der Waals surface area (Å²) in [4.78, 5) is 41.2. The Labute approximate surface area is 149 Å². The Morgan fingerprint density at radius 1 is 1.08 bits per heavy atom. The monoisotopic (exact) mass is 347 g/mol. The Morgan fingerprint density at radius 2 is 1.88 bits per heavy atom. The molecule has 0 spiro atoms. The van der Waals surface area contributed by atoms with Crippen LogP contribution in [0.4, 0.5) is 11.4 Å². The van der Waals surface area contributed by atoms with Crippen molar-refractivity contribution < 1.29 is 9.59 Å². The number of nitrogens with one attached hydrogen (secondary N) is 2. The van der Waals surface area contributed by atoms with E-state index < -0.39 is 5.92 Å². The number of amides is 2. The van der Waals surface area contributed by atoms with Crippen LogP contribution in [0.5, 0.6) is 0 Å². The van der Waals surface area contributed by atoms with E-state index in [9.17, 15) is 14.4 Å². The summed E-state index contributed by atoms with van der Waals surface area (Å²) >= 11 is 0. The van der Waals surface area contributed by atoms with Crippen LogP contribution in [-0.4, -0.2) is 23.3 Å². The van der Waals surface area contributed by atoms with E-state index in [1.54, 1.807) is 4.90 Å². The molecule has 130 valence electrons. The maximum Gasteiger partial charge on any atom is 0.229 e. The number of hydrogen-bond acceptors (Lipinski definition) is 3. The Hall–Kier alpha value is -3.41. The molecule has 1 aliphatic rings. The predicted octanol–water partition coefficient (Wildman–Crippen LogP) is 2.52. The third-order valence-corrected chi connectivity index (χ3v) is 4.64. The first-order valence-electron chi connectivity index (χ1n) is 8.39. The largest absolute Gasteiger partial charge is 0.366 e. The quantitative estimate of drug-likeness (QED) is 0.764. The van der Waals surface area contributed by atoms with Crippen molar-refractivity contribution in [3.8, 4) is 0 Å². The summed E-state index contributed by atoms with van der Waals surface area (Å²) in [6.07, 6.45) is 3.07. The van der Waals surface area contributed by atoms with Crippen LogP contribution in [0.1, 0.15) is 6.42 Å². The number of aromatic nitrogens is 1. The predicted molar refractivity (Wildman–Crippen MR) is 100 cm³/mol. The van der Waals surface area contributed by atoms with Crippen LogP contribution in [0, 0.1) is 5.92 Å². The lowest BCUT2D eigenvalue weighted by molar-refractivity contribution is -0.122. The molecule has 1 saturated heterocycles. The number of carbonyl (C=O) groups excluding carboxylic acids is 2. The van der Waals surface area contributed by atoms with E-state index in [0.29, 0.717) is 6.54 Å². The van der Waals surface area contributed by atoms with E-state index in [4.69, 9.17) is 0 Å².